The molecule has 0 atom stereocenters. The molecule has 0 aromatic carbocycles. The summed E-state index contributed by atoms with van der Waals surface area (Å²) in [5, 5.41) is 0. The van der Waals surface area contributed by atoms with Crippen molar-refractivity contribution in [2.45, 2.75) is 0 Å². The predicted octanol–water partition coefficient (Wildman–Crippen LogP) is -0.783. The third-order valence-corrected chi connectivity index (χ3v) is 0. The van der Waals surface area contributed by atoms with Crippen LogP contribution in [-0.4, -0.2) is 13.0 Å². The zero-order chi connectivity index (χ0) is 4.50. The van der Waals surface area contributed by atoms with Crippen LogP contribution < -0.4 is 0 Å². The minimum absolute atomic E-state index is 0. The van der Waals surface area contributed by atoms with E-state index in [2.05, 4.69) is 0 Å². The van der Waals surface area contributed by atoms with Gasteiger partial charge in [0, 0.05) is 0 Å². The van der Waals surface area contributed by atoms with Gasteiger partial charge in [0.25, 0.3) is 0 Å². The van der Waals surface area contributed by atoms with Gasteiger partial charge < -0.3 is 5.48 Å². The molecule has 0 aromatic rings. The summed E-state index contributed by atoms with van der Waals surface area (Å²) in [4.78, 5) is 0. The Kier molecular flexibility index (Phi) is 4.25. The van der Waals surface area contributed by atoms with Crippen molar-refractivity contribution < 1.29 is 35.5 Å². The van der Waals surface area contributed by atoms with Crippen LogP contribution in [0.5, 0.6) is 0 Å². The SMILES string of the molecule is O=[S](=O)(O)[Zn+2].[O-2]. The van der Waals surface area contributed by atoms with Crippen LogP contribution in [0.1, 0.15) is 0 Å². The Morgan fingerprint density at radius 2 is 1.50 bits per heavy atom. The van der Waals surface area contributed by atoms with Crippen molar-refractivity contribution in [3.8, 4) is 0 Å². The Morgan fingerprint density at radius 1 is 1.50 bits per heavy atom. The van der Waals surface area contributed by atoms with E-state index >= 15 is 0 Å². The molecule has 0 unspecified atom stereocenters. The fraction of sp³-hybridized carbons (Fsp3) is 0. The van der Waals surface area contributed by atoms with E-state index in [0.29, 0.717) is 0 Å². The molecular formula is HO4SZn. The topological polar surface area (TPSA) is 82.9 Å². The molecule has 0 aliphatic rings. The van der Waals surface area contributed by atoms with Crippen molar-refractivity contribution in [3.05, 3.63) is 0 Å². The monoisotopic (exact) mass is 161 g/mol. The Hall–Kier alpha value is 0.493. The Balaban J connectivity index is 0. The van der Waals surface area contributed by atoms with Gasteiger partial charge in [-0.2, -0.15) is 0 Å². The molecule has 0 amide bonds. The van der Waals surface area contributed by atoms with Gasteiger partial charge in [-0.15, -0.1) is 0 Å². The summed E-state index contributed by atoms with van der Waals surface area (Å²) in [7, 11) is -3.54. The van der Waals surface area contributed by atoms with Gasteiger partial charge in [-0.3, -0.25) is 0 Å². The van der Waals surface area contributed by atoms with Gasteiger partial charge in [-0.25, -0.2) is 0 Å². The molecule has 6 heteroatoms. The molecule has 0 aromatic heterocycles. The summed E-state index contributed by atoms with van der Waals surface area (Å²) in [6.07, 6.45) is 0. The first-order valence-electron chi connectivity index (χ1n) is 0.805. The molecule has 0 bridgehead atoms. The van der Waals surface area contributed by atoms with Gasteiger partial charge in [0.05, 0.1) is 0 Å². The van der Waals surface area contributed by atoms with Gasteiger partial charge in [-0.1, -0.05) is 0 Å². The van der Waals surface area contributed by atoms with Crippen LogP contribution in [0.4, 0.5) is 0 Å². The average Bonchev–Trinajstić information content (AvgIpc) is 0.722. The number of hydrogen-bond donors (Lipinski definition) is 1. The maximum absolute atomic E-state index is 9.24. The number of hydrogen-bond acceptors (Lipinski definition) is 2. The summed E-state index contributed by atoms with van der Waals surface area (Å²) in [5.74, 6) is 0. The van der Waals surface area contributed by atoms with Gasteiger partial charge in [0.1, 0.15) is 0 Å². The molecule has 4 nitrogen and oxygen atoms in total. The van der Waals surface area contributed by atoms with Crippen molar-refractivity contribution in [1.29, 1.82) is 0 Å². The first-order chi connectivity index (χ1) is 2.00. The van der Waals surface area contributed by atoms with E-state index in [9.17, 15) is 8.42 Å². The molecule has 6 heavy (non-hydrogen) atoms. The Bertz CT molecular complexity index is 90.7. The van der Waals surface area contributed by atoms with E-state index in [-0.39, 0.29) is 22.6 Å². The summed E-state index contributed by atoms with van der Waals surface area (Å²) in [6.45, 7) is 0. The van der Waals surface area contributed by atoms with Gasteiger partial charge >= 0.3 is 38.2 Å². The van der Waals surface area contributed by atoms with Crippen molar-refractivity contribution >= 4 is 8.11 Å². The minimum Gasteiger partial charge on any atom is -2.00 e. The van der Waals surface area contributed by atoms with Crippen molar-refractivity contribution in [1.82, 2.24) is 0 Å². The molecule has 33 valence electrons. The maximum Gasteiger partial charge on any atom is -2.00 e. The number of rotatable bonds is 0. The normalized spacial score (nSPS) is 9.83. The second kappa shape index (κ2) is 2.63. The molecule has 1 N–H and O–H groups in total. The van der Waals surface area contributed by atoms with Gasteiger partial charge in [0.15, 0.2) is 0 Å². The fourth-order valence-corrected chi connectivity index (χ4v) is 0. The summed E-state index contributed by atoms with van der Waals surface area (Å²) < 4.78 is 26.0. The molecule has 0 saturated carbocycles. The van der Waals surface area contributed by atoms with E-state index in [4.69, 9.17) is 4.55 Å². The maximum atomic E-state index is 9.24. The van der Waals surface area contributed by atoms with Crippen molar-refractivity contribution in [2.24, 2.45) is 0 Å². The molecule has 0 fully saturated rings. The van der Waals surface area contributed by atoms with E-state index in [0.717, 1.165) is 0 Å². The van der Waals surface area contributed by atoms with Gasteiger partial charge in [0.2, 0.25) is 0 Å². The molecule has 0 aliphatic heterocycles. The van der Waals surface area contributed by atoms with Crippen LogP contribution in [0.25, 0.3) is 0 Å². The van der Waals surface area contributed by atoms with Crippen LogP contribution in [0, 0.1) is 0 Å². The van der Waals surface area contributed by atoms with E-state index in [1.54, 1.807) is 0 Å². The minimum atomic E-state index is -3.54. The van der Waals surface area contributed by atoms with E-state index < -0.39 is 8.11 Å². The largest absolute Gasteiger partial charge is 2.00 e. The summed E-state index contributed by atoms with van der Waals surface area (Å²) in [5.41, 5.74) is 0. The molecule has 0 radical (unpaired) electrons. The molecular weight excluding hydrogens is 161 g/mol. The zero-order valence-electron chi connectivity index (χ0n) is 2.79. The third-order valence-electron chi connectivity index (χ3n) is 0. The predicted molar refractivity (Wildman–Crippen MR) is 12.2 cm³/mol. The van der Waals surface area contributed by atoms with Crippen LogP contribution >= 0.6 is 0 Å². The second-order valence-corrected chi connectivity index (χ2v) is 6.34. The first-order valence-corrected chi connectivity index (χ1v) is 6.05. The quantitative estimate of drug-likeness (QED) is 0.375. The van der Waals surface area contributed by atoms with E-state index in [1.807, 2.05) is 0 Å². The van der Waals surface area contributed by atoms with E-state index in [1.165, 1.54) is 0 Å². The molecule has 0 aliphatic carbocycles. The summed E-state index contributed by atoms with van der Waals surface area (Å²) >= 11 is -0.0764. The van der Waals surface area contributed by atoms with Crippen LogP contribution in [0.15, 0.2) is 0 Å². The zero-order valence-corrected chi connectivity index (χ0v) is 6.57. The standard InChI is InChI=1S/HO3S.O.Zn/c1-4(2)3;;/h(H,1,2,3);;/q;-2;+2. The fourth-order valence-electron chi connectivity index (χ4n) is 0. The summed E-state index contributed by atoms with van der Waals surface area (Å²) in [6, 6.07) is 0. The van der Waals surface area contributed by atoms with Gasteiger partial charge in [-0.05, 0) is 0 Å². The smallest absolute Gasteiger partial charge is 2.00 e. The average molecular weight is 162 g/mol. The first kappa shape index (κ1) is 9.71. The molecule has 0 heterocycles. The molecule has 0 saturated heterocycles. The third kappa shape index (κ3) is 225. The Labute approximate surface area is 44.1 Å². The van der Waals surface area contributed by atoms with Crippen molar-refractivity contribution in [2.75, 3.05) is 0 Å². The van der Waals surface area contributed by atoms with Crippen molar-refractivity contribution in [3.63, 3.8) is 0 Å². The Morgan fingerprint density at radius 3 is 1.50 bits per heavy atom. The van der Waals surface area contributed by atoms with Crippen LogP contribution in [0.2, 0.25) is 0 Å². The van der Waals surface area contributed by atoms with Crippen LogP contribution in [-0.2, 0) is 30.7 Å². The van der Waals surface area contributed by atoms with Crippen LogP contribution in [0.3, 0.4) is 0 Å². The second-order valence-electron chi connectivity index (χ2n) is 0.582. The molecule has 0 rings (SSSR count). The molecule has 0 spiro atoms.